The van der Waals surface area contributed by atoms with E-state index in [1.165, 1.54) is 17.8 Å². The second kappa shape index (κ2) is 4.82. The molecule has 0 amide bonds. The highest BCUT2D eigenvalue weighted by Gasteiger charge is 2.25. The van der Waals surface area contributed by atoms with E-state index < -0.39 is 32.4 Å². The van der Waals surface area contributed by atoms with Gasteiger partial charge in [-0.25, -0.2) is 21.6 Å². The molecule has 0 unspecified atom stereocenters. The Balaban J connectivity index is 2.46. The average Bonchev–Trinajstić information content (AvgIpc) is 2.63. The van der Waals surface area contributed by atoms with Crippen LogP contribution in [0.4, 0.5) is 19.0 Å². The molecule has 0 saturated carbocycles. The molecule has 5 nitrogen and oxygen atoms in total. The molecule has 1 aromatic carbocycles. The molecule has 9 heteroatoms. The summed E-state index contributed by atoms with van der Waals surface area (Å²) in [5.74, 6) is -4.99. The largest absolute Gasteiger partial charge is 0.266 e. The lowest BCUT2D eigenvalue weighted by Crippen LogP contribution is -2.17. The fourth-order valence-corrected chi connectivity index (χ4v) is 2.76. The van der Waals surface area contributed by atoms with E-state index in [9.17, 15) is 21.6 Å². The van der Waals surface area contributed by atoms with Crippen LogP contribution < -0.4 is 4.72 Å². The third-order valence-electron chi connectivity index (χ3n) is 2.53. The van der Waals surface area contributed by atoms with Crippen molar-refractivity contribution in [3.8, 4) is 0 Å². The molecule has 0 aliphatic carbocycles. The molecular weight excluding hydrogens is 295 g/mol. The van der Waals surface area contributed by atoms with Gasteiger partial charge in [0.25, 0.3) is 10.0 Å². The molecule has 1 N–H and O–H groups in total. The summed E-state index contributed by atoms with van der Waals surface area (Å²) in [7, 11) is -2.91. The summed E-state index contributed by atoms with van der Waals surface area (Å²) >= 11 is 0. The summed E-state index contributed by atoms with van der Waals surface area (Å²) in [5.41, 5.74) is 0.538. The minimum absolute atomic E-state index is 0.0756. The average molecular weight is 305 g/mol. The number of aromatic nitrogens is 2. The van der Waals surface area contributed by atoms with Crippen molar-refractivity contribution in [3.05, 3.63) is 41.3 Å². The van der Waals surface area contributed by atoms with Crippen LogP contribution in [0.15, 0.2) is 23.1 Å². The van der Waals surface area contributed by atoms with E-state index in [0.29, 0.717) is 17.8 Å². The molecule has 0 aliphatic heterocycles. The van der Waals surface area contributed by atoms with Crippen LogP contribution >= 0.6 is 0 Å². The van der Waals surface area contributed by atoms with Crippen molar-refractivity contribution in [2.75, 3.05) is 4.72 Å². The molecule has 1 aromatic heterocycles. The van der Waals surface area contributed by atoms with Crippen molar-refractivity contribution in [2.45, 2.75) is 11.8 Å². The first-order valence-electron chi connectivity index (χ1n) is 5.39. The summed E-state index contributed by atoms with van der Waals surface area (Å²) in [5, 5.41) is 3.90. The molecule has 0 fully saturated rings. The lowest BCUT2D eigenvalue weighted by atomic mass is 10.3. The lowest BCUT2D eigenvalue weighted by molar-refractivity contribution is 0.432. The van der Waals surface area contributed by atoms with Gasteiger partial charge in [-0.15, -0.1) is 0 Å². The first kappa shape index (κ1) is 14.4. The zero-order valence-electron chi connectivity index (χ0n) is 10.5. The van der Waals surface area contributed by atoms with Gasteiger partial charge in [-0.2, -0.15) is 5.10 Å². The second-order valence-electron chi connectivity index (χ2n) is 4.07. The predicted octanol–water partition coefficient (Wildman–Crippen LogP) is 1.95. The Morgan fingerprint density at radius 1 is 1.20 bits per heavy atom. The Morgan fingerprint density at radius 3 is 2.40 bits per heavy atom. The topological polar surface area (TPSA) is 64.0 Å². The van der Waals surface area contributed by atoms with E-state index in [4.69, 9.17) is 0 Å². The zero-order valence-corrected chi connectivity index (χ0v) is 11.3. The number of aryl methyl sites for hydroxylation is 2. The number of anilines is 1. The SMILES string of the molecule is Cc1cc(NS(=O)(=O)c2ccc(F)c(F)c2F)n(C)n1. The molecule has 0 saturated heterocycles. The Kier molecular flexibility index (Phi) is 3.46. The Morgan fingerprint density at radius 2 is 1.85 bits per heavy atom. The minimum atomic E-state index is -4.38. The summed E-state index contributed by atoms with van der Waals surface area (Å²) in [6, 6.07) is 2.61. The summed E-state index contributed by atoms with van der Waals surface area (Å²) in [6.45, 7) is 1.63. The van der Waals surface area contributed by atoms with Gasteiger partial charge < -0.3 is 0 Å². The molecular formula is C11H10F3N3O2S. The maximum absolute atomic E-state index is 13.5. The highest BCUT2D eigenvalue weighted by Crippen LogP contribution is 2.22. The van der Waals surface area contributed by atoms with Crippen LogP contribution in [0.5, 0.6) is 0 Å². The highest BCUT2D eigenvalue weighted by molar-refractivity contribution is 7.92. The molecule has 1 heterocycles. The van der Waals surface area contributed by atoms with Gasteiger partial charge in [0, 0.05) is 13.1 Å². The number of sulfonamides is 1. The first-order chi connectivity index (χ1) is 9.22. The van der Waals surface area contributed by atoms with Gasteiger partial charge in [0.05, 0.1) is 5.69 Å². The van der Waals surface area contributed by atoms with E-state index in [1.54, 1.807) is 6.92 Å². The molecule has 20 heavy (non-hydrogen) atoms. The first-order valence-corrected chi connectivity index (χ1v) is 6.87. The zero-order chi connectivity index (χ0) is 15.1. The molecule has 0 spiro atoms. The molecule has 0 radical (unpaired) electrons. The molecule has 0 aliphatic rings. The van der Waals surface area contributed by atoms with Crippen LogP contribution in [0, 0.1) is 24.4 Å². The maximum Gasteiger partial charge on any atom is 0.266 e. The van der Waals surface area contributed by atoms with E-state index in [-0.39, 0.29) is 5.82 Å². The summed E-state index contributed by atoms with van der Waals surface area (Å²) in [6.07, 6.45) is 0. The molecule has 2 aromatic rings. The number of nitrogens with zero attached hydrogens (tertiary/aromatic N) is 2. The number of benzene rings is 1. The Bertz CT molecular complexity index is 771. The third kappa shape index (κ3) is 2.48. The van der Waals surface area contributed by atoms with Crippen LogP contribution in [-0.2, 0) is 17.1 Å². The smallest absolute Gasteiger partial charge is 0.263 e. The highest BCUT2D eigenvalue weighted by atomic mass is 32.2. The summed E-state index contributed by atoms with van der Waals surface area (Å²) < 4.78 is 66.6. The number of hydrogen-bond donors (Lipinski definition) is 1. The predicted molar refractivity (Wildman–Crippen MR) is 65.1 cm³/mol. The van der Waals surface area contributed by atoms with E-state index >= 15 is 0 Å². The van der Waals surface area contributed by atoms with Crippen molar-refractivity contribution >= 4 is 15.8 Å². The fourth-order valence-electron chi connectivity index (χ4n) is 1.61. The Hall–Kier alpha value is -2.03. The van der Waals surface area contributed by atoms with Gasteiger partial charge >= 0.3 is 0 Å². The molecule has 2 rings (SSSR count). The minimum Gasteiger partial charge on any atom is -0.263 e. The van der Waals surface area contributed by atoms with Gasteiger partial charge in [-0.1, -0.05) is 0 Å². The normalized spacial score (nSPS) is 11.7. The van der Waals surface area contributed by atoms with Crippen molar-refractivity contribution in [1.82, 2.24) is 9.78 Å². The molecule has 0 bridgehead atoms. The van der Waals surface area contributed by atoms with E-state index in [2.05, 4.69) is 9.82 Å². The molecule has 0 atom stereocenters. The van der Waals surface area contributed by atoms with Gasteiger partial charge in [0.15, 0.2) is 17.5 Å². The summed E-state index contributed by atoms with van der Waals surface area (Å²) in [4.78, 5) is -0.977. The number of rotatable bonds is 3. The van der Waals surface area contributed by atoms with Crippen molar-refractivity contribution < 1.29 is 21.6 Å². The van der Waals surface area contributed by atoms with Gasteiger partial charge in [-0.3, -0.25) is 9.40 Å². The van der Waals surface area contributed by atoms with Gasteiger partial charge in [0.2, 0.25) is 0 Å². The standard InChI is InChI=1S/C11H10F3N3O2S/c1-6-5-9(17(2)15-6)16-20(18,19)8-4-3-7(12)10(13)11(8)14/h3-5,16H,1-2H3. The quantitative estimate of drug-likeness (QED) is 0.882. The van der Waals surface area contributed by atoms with Crippen molar-refractivity contribution in [3.63, 3.8) is 0 Å². The third-order valence-corrected chi connectivity index (χ3v) is 3.90. The second-order valence-corrected chi connectivity index (χ2v) is 5.72. The molecule has 108 valence electrons. The van der Waals surface area contributed by atoms with E-state index in [0.717, 1.165) is 0 Å². The van der Waals surface area contributed by atoms with Crippen molar-refractivity contribution in [1.29, 1.82) is 0 Å². The maximum atomic E-state index is 13.5. The van der Waals surface area contributed by atoms with Crippen LogP contribution in [-0.4, -0.2) is 18.2 Å². The van der Waals surface area contributed by atoms with Crippen LogP contribution in [0.2, 0.25) is 0 Å². The van der Waals surface area contributed by atoms with Crippen LogP contribution in [0.1, 0.15) is 5.69 Å². The van der Waals surface area contributed by atoms with E-state index in [1.807, 2.05) is 0 Å². The van der Waals surface area contributed by atoms with Gasteiger partial charge in [-0.05, 0) is 19.1 Å². The van der Waals surface area contributed by atoms with Crippen LogP contribution in [0.25, 0.3) is 0 Å². The fraction of sp³-hybridized carbons (Fsp3) is 0.182. The number of halogens is 3. The monoisotopic (exact) mass is 305 g/mol. The van der Waals surface area contributed by atoms with Crippen LogP contribution in [0.3, 0.4) is 0 Å². The number of hydrogen-bond acceptors (Lipinski definition) is 3. The van der Waals surface area contributed by atoms with Gasteiger partial charge in [0.1, 0.15) is 10.7 Å². The Labute approximate surface area is 113 Å². The number of nitrogens with one attached hydrogen (secondary N) is 1. The lowest BCUT2D eigenvalue weighted by Gasteiger charge is -2.09. The van der Waals surface area contributed by atoms with Crippen molar-refractivity contribution in [2.24, 2.45) is 7.05 Å².